The van der Waals surface area contributed by atoms with Crippen LogP contribution in [0.3, 0.4) is 0 Å². The molecule has 11 nitrogen and oxygen atoms in total. The minimum atomic E-state index is -0.665. The third kappa shape index (κ3) is 3.97. The van der Waals surface area contributed by atoms with Crippen molar-refractivity contribution in [2.24, 2.45) is 5.10 Å². The number of nitrogen functional groups attached to an aromatic ring is 1. The van der Waals surface area contributed by atoms with Crippen molar-refractivity contribution in [2.75, 3.05) is 19.8 Å². The van der Waals surface area contributed by atoms with E-state index in [1.165, 1.54) is 22.9 Å². The van der Waals surface area contributed by atoms with E-state index < -0.39 is 11.7 Å². The van der Waals surface area contributed by atoms with Gasteiger partial charge in [-0.2, -0.15) is 9.78 Å². The van der Waals surface area contributed by atoms with Crippen LogP contribution in [0.1, 0.15) is 21.7 Å². The number of hydrogen-bond acceptors (Lipinski definition) is 9. The quantitative estimate of drug-likeness (QED) is 0.452. The second kappa shape index (κ2) is 8.10. The summed E-state index contributed by atoms with van der Waals surface area (Å²) in [5, 5.41) is 18.8. The molecule has 3 rings (SSSR count). The van der Waals surface area contributed by atoms with Crippen LogP contribution in [0, 0.1) is 5.82 Å². The van der Waals surface area contributed by atoms with E-state index in [9.17, 15) is 9.18 Å². The summed E-state index contributed by atoms with van der Waals surface area (Å²) in [6.07, 6.45) is 1.10. The first-order valence-electron chi connectivity index (χ1n) is 7.83. The average molecular weight is 408 g/mol. The standard InChI is InChI=1S/C15H15ClFN9O2/c1-25(2)7-11-12(20-24-26(11)14-13(18)22-28-23-14)15(27)21-19-6-8-9(16)4-3-5-10(8)17/h3-6H,7H2,1-2H3,(H2,18,22)(H,21,27)/b19-6-. The molecule has 0 saturated carbocycles. The van der Waals surface area contributed by atoms with Crippen LogP contribution in [-0.4, -0.2) is 56.4 Å². The number of hydrogen-bond donors (Lipinski definition) is 2. The van der Waals surface area contributed by atoms with E-state index in [-0.39, 0.29) is 34.5 Å². The third-order valence-corrected chi connectivity index (χ3v) is 3.83. The molecule has 2 heterocycles. The molecule has 0 aliphatic carbocycles. The lowest BCUT2D eigenvalue weighted by molar-refractivity contribution is 0.0948. The lowest BCUT2D eigenvalue weighted by atomic mass is 10.2. The van der Waals surface area contributed by atoms with Gasteiger partial charge in [0, 0.05) is 12.1 Å². The summed E-state index contributed by atoms with van der Waals surface area (Å²) >= 11 is 5.91. The SMILES string of the molecule is CN(C)Cc1c(C(=O)N/N=C\c2c(F)cccc2Cl)nnn1-c1nonc1N. The lowest BCUT2D eigenvalue weighted by Gasteiger charge is -2.11. The predicted molar refractivity (Wildman–Crippen MR) is 97.5 cm³/mol. The Labute approximate surface area is 162 Å². The largest absolute Gasteiger partial charge is 0.378 e. The Morgan fingerprint density at radius 3 is 2.89 bits per heavy atom. The van der Waals surface area contributed by atoms with Gasteiger partial charge in [0.15, 0.2) is 5.69 Å². The molecule has 13 heteroatoms. The van der Waals surface area contributed by atoms with Crippen molar-refractivity contribution in [3.63, 3.8) is 0 Å². The van der Waals surface area contributed by atoms with Crippen LogP contribution in [0.25, 0.3) is 5.82 Å². The molecule has 28 heavy (non-hydrogen) atoms. The van der Waals surface area contributed by atoms with Gasteiger partial charge in [0.05, 0.1) is 16.9 Å². The van der Waals surface area contributed by atoms with Crippen molar-refractivity contribution in [3.8, 4) is 5.82 Å². The number of hydrazone groups is 1. The van der Waals surface area contributed by atoms with Gasteiger partial charge in [-0.1, -0.05) is 22.9 Å². The number of amides is 1. The fourth-order valence-corrected chi connectivity index (χ4v) is 2.48. The molecule has 0 bridgehead atoms. The maximum Gasteiger partial charge on any atom is 0.293 e. The van der Waals surface area contributed by atoms with Crippen molar-refractivity contribution >= 4 is 29.5 Å². The third-order valence-electron chi connectivity index (χ3n) is 3.50. The van der Waals surface area contributed by atoms with E-state index >= 15 is 0 Å². The number of benzene rings is 1. The van der Waals surface area contributed by atoms with Crippen LogP contribution in [-0.2, 0) is 6.54 Å². The molecule has 0 unspecified atom stereocenters. The Hall–Kier alpha value is -3.38. The zero-order valence-corrected chi connectivity index (χ0v) is 15.6. The van der Waals surface area contributed by atoms with Gasteiger partial charge in [-0.25, -0.2) is 14.4 Å². The fourth-order valence-electron chi connectivity index (χ4n) is 2.27. The number of nitrogens with one attached hydrogen (secondary N) is 1. The number of rotatable bonds is 6. The van der Waals surface area contributed by atoms with Crippen molar-refractivity contribution in [3.05, 3.63) is 46.0 Å². The molecule has 1 aromatic carbocycles. The first kappa shape index (κ1) is 19.4. The summed E-state index contributed by atoms with van der Waals surface area (Å²) in [6.45, 7) is 0.283. The van der Waals surface area contributed by atoms with Crippen molar-refractivity contribution in [1.82, 2.24) is 35.6 Å². The molecule has 2 aromatic heterocycles. The van der Waals surface area contributed by atoms with Crippen LogP contribution in [0.15, 0.2) is 27.9 Å². The summed E-state index contributed by atoms with van der Waals surface area (Å²) in [5.41, 5.74) is 8.36. The number of carbonyl (C=O) groups excluding carboxylic acids is 1. The lowest BCUT2D eigenvalue weighted by Crippen LogP contribution is -2.23. The molecule has 0 spiro atoms. The van der Waals surface area contributed by atoms with Crippen LogP contribution >= 0.6 is 11.6 Å². The van der Waals surface area contributed by atoms with E-state index in [0.717, 1.165) is 6.21 Å². The summed E-state index contributed by atoms with van der Waals surface area (Å²) in [7, 11) is 3.59. The van der Waals surface area contributed by atoms with Gasteiger partial charge >= 0.3 is 0 Å². The first-order chi connectivity index (χ1) is 13.4. The number of nitrogens with zero attached hydrogens (tertiary/aromatic N) is 7. The van der Waals surface area contributed by atoms with E-state index in [0.29, 0.717) is 5.69 Å². The number of anilines is 1. The molecule has 0 atom stereocenters. The molecule has 0 fully saturated rings. The Bertz CT molecular complexity index is 1010. The second-order valence-corrected chi connectivity index (χ2v) is 6.25. The molecule has 3 aromatic rings. The van der Waals surface area contributed by atoms with Crippen LogP contribution in [0.2, 0.25) is 5.02 Å². The molecule has 0 saturated heterocycles. The van der Waals surface area contributed by atoms with E-state index in [1.54, 1.807) is 19.0 Å². The van der Waals surface area contributed by atoms with Gasteiger partial charge in [0.25, 0.3) is 5.91 Å². The van der Waals surface area contributed by atoms with Crippen LogP contribution in [0.4, 0.5) is 10.2 Å². The van der Waals surface area contributed by atoms with E-state index in [1.807, 2.05) is 0 Å². The molecule has 0 radical (unpaired) electrons. The number of nitrogens with two attached hydrogens (primary N) is 1. The first-order valence-corrected chi connectivity index (χ1v) is 8.21. The van der Waals surface area contributed by atoms with Crippen LogP contribution < -0.4 is 11.2 Å². The highest BCUT2D eigenvalue weighted by Crippen LogP contribution is 2.18. The summed E-state index contributed by atoms with van der Waals surface area (Å²) in [6, 6.07) is 4.20. The van der Waals surface area contributed by atoms with Gasteiger partial charge in [-0.3, -0.25) is 4.79 Å². The van der Waals surface area contributed by atoms with Crippen molar-refractivity contribution in [2.45, 2.75) is 6.54 Å². The monoisotopic (exact) mass is 407 g/mol. The summed E-state index contributed by atoms with van der Waals surface area (Å²) in [5.74, 6) is -1.14. The van der Waals surface area contributed by atoms with Crippen molar-refractivity contribution in [1.29, 1.82) is 0 Å². The Morgan fingerprint density at radius 2 is 2.25 bits per heavy atom. The van der Waals surface area contributed by atoms with Gasteiger partial charge < -0.3 is 10.6 Å². The van der Waals surface area contributed by atoms with Crippen LogP contribution in [0.5, 0.6) is 0 Å². The Kier molecular flexibility index (Phi) is 5.61. The maximum absolute atomic E-state index is 13.8. The highest BCUT2D eigenvalue weighted by atomic mass is 35.5. The molecule has 3 N–H and O–H groups in total. The smallest absolute Gasteiger partial charge is 0.293 e. The molecular formula is C15H15ClFN9O2. The second-order valence-electron chi connectivity index (χ2n) is 5.84. The molecule has 0 aliphatic heterocycles. The Morgan fingerprint density at radius 1 is 1.46 bits per heavy atom. The minimum absolute atomic E-state index is 0.0101. The topological polar surface area (TPSA) is 140 Å². The number of carbonyl (C=O) groups is 1. The summed E-state index contributed by atoms with van der Waals surface area (Å²) in [4.78, 5) is 14.3. The molecular weight excluding hydrogens is 393 g/mol. The number of aromatic nitrogens is 5. The minimum Gasteiger partial charge on any atom is -0.378 e. The molecule has 1 amide bonds. The normalized spacial score (nSPS) is 11.5. The average Bonchev–Trinajstić information content (AvgIpc) is 3.22. The van der Waals surface area contributed by atoms with Gasteiger partial charge in [-0.15, -0.1) is 5.10 Å². The zero-order chi connectivity index (χ0) is 20.3. The Balaban J connectivity index is 1.86. The van der Waals surface area contributed by atoms with Gasteiger partial charge in [0.1, 0.15) is 5.82 Å². The number of halogens is 2. The highest BCUT2D eigenvalue weighted by molar-refractivity contribution is 6.33. The van der Waals surface area contributed by atoms with Gasteiger partial charge in [0.2, 0.25) is 11.6 Å². The summed E-state index contributed by atoms with van der Waals surface area (Å²) < 4.78 is 19.6. The van der Waals surface area contributed by atoms with E-state index in [2.05, 4.69) is 35.8 Å². The van der Waals surface area contributed by atoms with Gasteiger partial charge in [-0.05, 0) is 36.5 Å². The molecule has 146 valence electrons. The zero-order valence-electron chi connectivity index (χ0n) is 14.8. The van der Waals surface area contributed by atoms with E-state index in [4.69, 9.17) is 17.3 Å². The maximum atomic E-state index is 13.8. The van der Waals surface area contributed by atoms with Crippen molar-refractivity contribution < 1.29 is 13.8 Å². The fraction of sp³-hybridized carbons (Fsp3) is 0.200. The predicted octanol–water partition coefficient (Wildman–Crippen LogP) is 0.851. The highest BCUT2D eigenvalue weighted by Gasteiger charge is 2.24. The molecule has 0 aliphatic rings.